The van der Waals surface area contributed by atoms with Gasteiger partial charge >= 0.3 is 45.7 Å². The van der Waals surface area contributed by atoms with Gasteiger partial charge in [-0.3, -0.25) is 4.55 Å². The van der Waals surface area contributed by atoms with Crippen LogP contribution < -0.4 is 6.15 Å². The Morgan fingerprint density at radius 1 is 0.529 bits per heavy atom. The second-order valence-corrected chi connectivity index (χ2v) is 7.44. The molecule has 4 atom stereocenters. The summed E-state index contributed by atoms with van der Waals surface area (Å²) in [5.41, 5.74) is -5.96. The Hall–Kier alpha value is -1.39. The molecule has 4 nitrogen and oxygen atoms in total. The third-order valence-corrected chi connectivity index (χ3v) is 4.56. The molecular weight excluding hydrogens is 568 g/mol. The van der Waals surface area contributed by atoms with Crippen LogP contribution >= 0.6 is 0 Å². The lowest BCUT2D eigenvalue weighted by Gasteiger charge is -2.42. The molecule has 0 amide bonds. The van der Waals surface area contributed by atoms with Gasteiger partial charge in [0, 0.05) is 0 Å². The van der Waals surface area contributed by atoms with Gasteiger partial charge in [-0.2, -0.15) is 61.1 Å². The number of hydrogen-bond acceptors (Lipinski definition) is 3. The van der Waals surface area contributed by atoms with Crippen molar-refractivity contribution in [2.45, 2.75) is 66.0 Å². The van der Waals surface area contributed by atoms with Gasteiger partial charge in [0.05, 0.1) is 0 Å². The Balaban J connectivity index is 0. The van der Waals surface area contributed by atoms with Crippen molar-refractivity contribution in [2.75, 3.05) is 0 Å². The first-order chi connectivity index (χ1) is 14.1. The number of alkyl halides is 18. The van der Waals surface area contributed by atoms with Gasteiger partial charge in [-0.1, -0.05) is 0 Å². The fourth-order valence-corrected chi connectivity index (χ4v) is 2.34. The van der Waals surface area contributed by atoms with Crippen LogP contribution in [0.5, 0.6) is 0 Å². The minimum absolute atomic E-state index is 0. The second-order valence-electron chi connectivity index (χ2n) is 6.00. The lowest BCUT2D eigenvalue weighted by molar-refractivity contribution is -0.432. The summed E-state index contributed by atoms with van der Waals surface area (Å²) in [5.74, 6) is -49.8. The van der Waals surface area contributed by atoms with Crippen molar-refractivity contribution in [3.05, 3.63) is 0 Å². The maximum absolute atomic E-state index is 13.4. The molecule has 0 aliphatic carbocycles. The minimum Gasteiger partial charge on any atom is -0.344 e. The van der Waals surface area contributed by atoms with E-state index in [9.17, 15) is 87.4 Å². The van der Waals surface area contributed by atoms with Gasteiger partial charge in [-0.15, -0.1) is 0 Å². The standard InChI is InChI=1S/C11H6F18O3S.H3N/c12-1(2(13)4(15)16)3(14)6(18,19)8(22,23)10(26,27)11(28,29)9(24,25)7(20,21)5(17)33(30,31)32;/h1-5H,(H,30,31,32);1H3. The maximum Gasteiger partial charge on any atom is 0.384 e. The highest BCUT2D eigenvalue weighted by molar-refractivity contribution is 7.86. The van der Waals surface area contributed by atoms with Crippen LogP contribution in [0.3, 0.4) is 0 Å². The molecule has 0 aromatic heterocycles. The minimum atomic E-state index is -8.68. The fourth-order valence-electron chi connectivity index (χ4n) is 1.82. The fraction of sp³-hybridized carbons (Fsp3) is 1.00. The van der Waals surface area contributed by atoms with Gasteiger partial charge in [0.15, 0.2) is 12.3 Å². The van der Waals surface area contributed by atoms with Gasteiger partial charge < -0.3 is 6.15 Å². The molecule has 23 heteroatoms. The van der Waals surface area contributed by atoms with Gasteiger partial charge in [0.25, 0.3) is 11.9 Å². The average molecular weight is 577 g/mol. The summed E-state index contributed by atoms with van der Waals surface area (Å²) < 4.78 is 263. The van der Waals surface area contributed by atoms with E-state index in [0.717, 1.165) is 0 Å². The van der Waals surface area contributed by atoms with Gasteiger partial charge in [0.2, 0.25) is 6.17 Å². The zero-order chi connectivity index (χ0) is 27.4. The van der Waals surface area contributed by atoms with Crippen LogP contribution in [0.15, 0.2) is 0 Å². The normalized spacial score (nSPS) is 18.8. The molecule has 208 valence electrons. The molecule has 0 aliphatic heterocycles. The largest absolute Gasteiger partial charge is 0.384 e. The molecule has 0 rings (SSSR count). The van der Waals surface area contributed by atoms with Crippen LogP contribution in [-0.4, -0.2) is 78.9 Å². The third-order valence-electron chi connectivity index (χ3n) is 3.74. The van der Waals surface area contributed by atoms with Crippen molar-refractivity contribution >= 4 is 10.1 Å². The topological polar surface area (TPSA) is 89.4 Å². The lowest BCUT2D eigenvalue weighted by atomic mass is 9.88. The summed E-state index contributed by atoms with van der Waals surface area (Å²) in [6, 6.07) is 0. The monoisotopic (exact) mass is 577 g/mol. The van der Waals surface area contributed by atoms with E-state index in [-0.39, 0.29) is 6.15 Å². The number of hydrogen-bond donors (Lipinski definition) is 2. The molecule has 4 N–H and O–H groups in total. The Labute approximate surface area is 175 Å². The van der Waals surface area contributed by atoms with E-state index in [2.05, 4.69) is 0 Å². The van der Waals surface area contributed by atoms with E-state index in [4.69, 9.17) is 4.55 Å². The average Bonchev–Trinajstić information content (AvgIpc) is 2.63. The van der Waals surface area contributed by atoms with Gasteiger partial charge in [-0.25, -0.2) is 26.3 Å². The van der Waals surface area contributed by atoms with Crippen LogP contribution in [0.4, 0.5) is 79.0 Å². The van der Waals surface area contributed by atoms with E-state index in [1.165, 1.54) is 0 Å². The molecule has 0 radical (unpaired) electrons. The summed E-state index contributed by atoms with van der Waals surface area (Å²) in [7, 11) is -7.19. The van der Waals surface area contributed by atoms with Crippen molar-refractivity contribution in [3.8, 4) is 0 Å². The predicted molar refractivity (Wildman–Crippen MR) is 71.8 cm³/mol. The quantitative estimate of drug-likeness (QED) is 0.254. The molecule has 0 saturated heterocycles. The van der Waals surface area contributed by atoms with Gasteiger partial charge in [0.1, 0.15) is 0 Å². The Morgan fingerprint density at radius 2 is 0.824 bits per heavy atom. The molecule has 0 aromatic rings. The Bertz CT molecular complexity index is 801. The van der Waals surface area contributed by atoms with Crippen molar-refractivity contribution < 1.29 is 92.0 Å². The first kappa shape index (κ1) is 34.8. The molecule has 0 aliphatic rings. The zero-order valence-electron chi connectivity index (χ0n) is 15.1. The maximum atomic E-state index is 13.4. The Kier molecular flexibility index (Phi) is 9.80. The predicted octanol–water partition coefficient (Wildman–Crippen LogP) is 5.42. The van der Waals surface area contributed by atoms with E-state index in [1.807, 2.05) is 0 Å². The summed E-state index contributed by atoms with van der Waals surface area (Å²) in [6.45, 7) is 0. The highest BCUT2D eigenvalue weighted by atomic mass is 32.2. The molecular formula is C11H9F18NO3S. The SMILES string of the molecule is N.O=S(=O)(O)C(F)C(F)(F)C(F)(F)C(F)(F)C(F)(F)C(F)(F)C(F)(F)C(F)C(F)C(F)C(F)F. The van der Waals surface area contributed by atoms with Crippen LogP contribution in [-0.2, 0) is 10.1 Å². The first-order valence-corrected chi connectivity index (χ1v) is 8.66. The van der Waals surface area contributed by atoms with E-state index in [0.29, 0.717) is 0 Å². The summed E-state index contributed by atoms with van der Waals surface area (Å²) >= 11 is 0. The molecule has 0 aromatic carbocycles. The summed E-state index contributed by atoms with van der Waals surface area (Å²) in [6.07, 6.45) is -20.7. The van der Waals surface area contributed by atoms with Crippen LogP contribution in [0, 0.1) is 0 Å². The molecule has 0 heterocycles. The third kappa shape index (κ3) is 4.95. The number of rotatable bonds is 11. The van der Waals surface area contributed by atoms with Crippen molar-refractivity contribution in [1.29, 1.82) is 0 Å². The van der Waals surface area contributed by atoms with Crippen molar-refractivity contribution in [2.24, 2.45) is 0 Å². The number of halogens is 18. The molecule has 0 bridgehead atoms. The van der Waals surface area contributed by atoms with Crippen LogP contribution in [0.1, 0.15) is 0 Å². The smallest absolute Gasteiger partial charge is 0.344 e. The lowest BCUT2D eigenvalue weighted by Crippen LogP contribution is -2.73. The molecule has 4 unspecified atom stereocenters. The molecule has 0 saturated carbocycles. The highest BCUT2D eigenvalue weighted by Crippen LogP contribution is 2.61. The molecule has 34 heavy (non-hydrogen) atoms. The molecule has 0 spiro atoms. The van der Waals surface area contributed by atoms with Crippen molar-refractivity contribution in [1.82, 2.24) is 6.15 Å². The second kappa shape index (κ2) is 9.58. The van der Waals surface area contributed by atoms with Crippen LogP contribution in [0.2, 0.25) is 0 Å². The van der Waals surface area contributed by atoms with Crippen molar-refractivity contribution in [3.63, 3.8) is 0 Å². The van der Waals surface area contributed by atoms with E-state index < -0.39 is 76.1 Å². The summed E-state index contributed by atoms with van der Waals surface area (Å²) in [5, 5.41) is 0. The highest BCUT2D eigenvalue weighted by Gasteiger charge is 2.92. The van der Waals surface area contributed by atoms with Gasteiger partial charge in [-0.05, 0) is 0 Å². The van der Waals surface area contributed by atoms with E-state index in [1.54, 1.807) is 0 Å². The first-order valence-electron chi connectivity index (χ1n) is 7.16. The zero-order valence-corrected chi connectivity index (χ0v) is 15.9. The molecule has 0 fully saturated rings. The summed E-state index contributed by atoms with van der Waals surface area (Å²) in [4.78, 5) is 0. The Morgan fingerprint density at radius 3 is 1.09 bits per heavy atom. The van der Waals surface area contributed by atoms with Crippen LogP contribution in [0.25, 0.3) is 0 Å². The van der Waals surface area contributed by atoms with E-state index >= 15 is 0 Å².